The Labute approximate surface area is 153 Å². The van der Waals surface area contributed by atoms with Gasteiger partial charge in [-0.05, 0) is 51.3 Å². The summed E-state index contributed by atoms with van der Waals surface area (Å²) < 4.78 is 0. The Kier molecular flexibility index (Phi) is 4.52. The van der Waals surface area contributed by atoms with E-state index in [9.17, 15) is 14.7 Å². The molecule has 0 radical (unpaired) electrons. The van der Waals surface area contributed by atoms with Gasteiger partial charge in [-0.1, -0.05) is 0 Å². The average Bonchev–Trinajstić information content (AvgIpc) is 2.96. The maximum absolute atomic E-state index is 12.9. The van der Waals surface area contributed by atoms with Crippen molar-refractivity contribution in [2.24, 2.45) is 5.92 Å². The molecule has 4 aliphatic heterocycles. The number of carboxylic acid groups (broad SMARTS) is 1. The van der Waals surface area contributed by atoms with Crippen molar-refractivity contribution in [2.45, 2.75) is 32.7 Å². The third-order valence-electron chi connectivity index (χ3n) is 6.56. The standard InChI is InChI=1S/C19H28N4O3/c1-12-16(19(25)26)13(2)20-17(12)18(24)23-9-7-22(8-10-23)15-11-21-5-3-14(15)4-6-21/h14-15,20H,3-11H2,1-2H3,(H,25,26)/t15-/m0/s1. The smallest absolute Gasteiger partial charge is 0.337 e. The van der Waals surface area contributed by atoms with Crippen LogP contribution < -0.4 is 0 Å². The van der Waals surface area contributed by atoms with Crippen LogP contribution in [0.2, 0.25) is 0 Å². The van der Waals surface area contributed by atoms with Crippen LogP contribution in [0.4, 0.5) is 0 Å². The SMILES string of the molecule is Cc1[nH]c(C(=O)N2CCN([C@H]3CN4CCC3CC4)CC2)c(C)c1C(=O)O. The number of nitrogens with zero attached hydrogens (tertiary/aromatic N) is 3. The van der Waals surface area contributed by atoms with Gasteiger partial charge in [0.2, 0.25) is 0 Å². The number of carbonyl (C=O) groups excluding carboxylic acids is 1. The molecule has 4 aliphatic rings. The molecule has 26 heavy (non-hydrogen) atoms. The summed E-state index contributed by atoms with van der Waals surface area (Å²) in [6.07, 6.45) is 2.62. The van der Waals surface area contributed by atoms with Gasteiger partial charge in [0.15, 0.2) is 0 Å². The van der Waals surface area contributed by atoms with E-state index in [1.54, 1.807) is 13.8 Å². The van der Waals surface area contributed by atoms with Crippen molar-refractivity contribution in [2.75, 3.05) is 45.8 Å². The van der Waals surface area contributed by atoms with E-state index in [4.69, 9.17) is 0 Å². The molecule has 2 N–H and O–H groups in total. The molecular weight excluding hydrogens is 332 g/mol. The van der Waals surface area contributed by atoms with Crippen LogP contribution in [0.3, 0.4) is 0 Å². The Morgan fingerprint density at radius 1 is 1.04 bits per heavy atom. The second kappa shape index (κ2) is 6.70. The van der Waals surface area contributed by atoms with E-state index in [-0.39, 0.29) is 11.5 Å². The Balaban J connectivity index is 1.41. The van der Waals surface area contributed by atoms with Gasteiger partial charge >= 0.3 is 5.97 Å². The van der Waals surface area contributed by atoms with Crippen LogP contribution in [-0.2, 0) is 0 Å². The molecule has 5 heterocycles. The lowest BCUT2D eigenvalue weighted by Gasteiger charge is -2.51. The highest BCUT2D eigenvalue weighted by Crippen LogP contribution is 2.31. The van der Waals surface area contributed by atoms with E-state index in [2.05, 4.69) is 14.8 Å². The second-order valence-electron chi connectivity index (χ2n) is 7.96. The zero-order chi connectivity index (χ0) is 18.4. The molecular formula is C19H28N4O3. The summed E-state index contributed by atoms with van der Waals surface area (Å²) in [6.45, 7) is 10.3. The number of carboxylic acids is 1. The zero-order valence-electron chi connectivity index (χ0n) is 15.6. The number of aromatic amines is 1. The number of fused-ring (bicyclic) bond motifs is 3. The summed E-state index contributed by atoms with van der Waals surface area (Å²) in [4.78, 5) is 34.3. The normalized spacial score (nSPS) is 29.2. The van der Waals surface area contributed by atoms with Crippen LogP contribution in [0.25, 0.3) is 0 Å². The van der Waals surface area contributed by atoms with Gasteiger partial charge in [0, 0.05) is 44.5 Å². The quantitative estimate of drug-likeness (QED) is 0.846. The fourth-order valence-corrected chi connectivity index (χ4v) is 5.05. The maximum atomic E-state index is 12.9. The summed E-state index contributed by atoms with van der Waals surface area (Å²) in [5, 5.41) is 9.33. The number of nitrogens with one attached hydrogen (secondary N) is 1. The lowest BCUT2D eigenvalue weighted by Crippen LogP contribution is -2.61. The molecule has 0 unspecified atom stereocenters. The highest BCUT2D eigenvalue weighted by atomic mass is 16.4. The minimum Gasteiger partial charge on any atom is -0.478 e. The molecule has 0 aromatic carbocycles. The third-order valence-corrected chi connectivity index (χ3v) is 6.56. The lowest BCUT2D eigenvalue weighted by molar-refractivity contribution is -0.0131. The monoisotopic (exact) mass is 360 g/mol. The highest BCUT2D eigenvalue weighted by Gasteiger charge is 2.39. The van der Waals surface area contributed by atoms with E-state index in [0.29, 0.717) is 36.1 Å². The van der Waals surface area contributed by atoms with Crippen LogP contribution in [0, 0.1) is 19.8 Å². The summed E-state index contributed by atoms with van der Waals surface area (Å²) in [6, 6.07) is 0.642. The second-order valence-corrected chi connectivity index (χ2v) is 7.96. The van der Waals surface area contributed by atoms with Crippen LogP contribution in [0.5, 0.6) is 0 Å². The fourth-order valence-electron chi connectivity index (χ4n) is 5.05. The molecule has 142 valence electrons. The summed E-state index contributed by atoms with van der Waals surface area (Å²) in [7, 11) is 0. The number of aromatic carboxylic acids is 1. The van der Waals surface area contributed by atoms with Crippen molar-refractivity contribution in [3.8, 4) is 0 Å². The number of hydrogen-bond donors (Lipinski definition) is 2. The molecule has 4 saturated heterocycles. The highest BCUT2D eigenvalue weighted by molar-refractivity contribution is 6.00. The zero-order valence-corrected chi connectivity index (χ0v) is 15.6. The van der Waals surface area contributed by atoms with Crippen molar-refractivity contribution in [3.63, 3.8) is 0 Å². The van der Waals surface area contributed by atoms with Crippen LogP contribution >= 0.6 is 0 Å². The van der Waals surface area contributed by atoms with Crippen LogP contribution in [0.15, 0.2) is 0 Å². The van der Waals surface area contributed by atoms with Gasteiger partial charge in [-0.2, -0.15) is 0 Å². The summed E-state index contributed by atoms with van der Waals surface area (Å²) in [5.74, 6) is -0.247. The van der Waals surface area contributed by atoms with E-state index in [1.165, 1.54) is 32.5 Å². The summed E-state index contributed by atoms with van der Waals surface area (Å²) in [5.41, 5.74) is 1.74. The number of aryl methyl sites for hydroxylation is 1. The lowest BCUT2D eigenvalue weighted by atomic mass is 9.83. The maximum Gasteiger partial charge on any atom is 0.337 e. The molecule has 7 heteroatoms. The number of hydrogen-bond acceptors (Lipinski definition) is 4. The Morgan fingerprint density at radius 2 is 1.69 bits per heavy atom. The molecule has 2 bridgehead atoms. The number of aromatic nitrogens is 1. The average molecular weight is 360 g/mol. The van der Waals surface area contributed by atoms with Gasteiger partial charge in [-0.3, -0.25) is 9.69 Å². The van der Waals surface area contributed by atoms with Crippen molar-refractivity contribution in [1.82, 2.24) is 19.7 Å². The molecule has 0 saturated carbocycles. The van der Waals surface area contributed by atoms with Gasteiger partial charge in [0.25, 0.3) is 5.91 Å². The van der Waals surface area contributed by atoms with Gasteiger partial charge in [0.1, 0.15) is 5.69 Å². The van der Waals surface area contributed by atoms with Gasteiger partial charge in [-0.25, -0.2) is 4.79 Å². The van der Waals surface area contributed by atoms with Crippen molar-refractivity contribution in [1.29, 1.82) is 0 Å². The molecule has 1 amide bonds. The minimum absolute atomic E-state index is 0.0772. The van der Waals surface area contributed by atoms with Crippen LogP contribution in [0.1, 0.15) is 44.9 Å². The van der Waals surface area contributed by atoms with E-state index >= 15 is 0 Å². The van der Waals surface area contributed by atoms with Crippen molar-refractivity contribution >= 4 is 11.9 Å². The molecule has 1 aromatic rings. The number of carbonyl (C=O) groups is 2. The Morgan fingerprint density at radius 3 is 2.19 bits per heavy atom. The predicted octanol–water partition coefficient (Wildman–Crippen LogP) is 1.18. The van der Waals surface area contributed by atoms with E-state index in [1.807, 2.05) is 4.90 Å². The fraction of sp³-hybridized carbons (Fsp3) is 0.684. The third kappa shape index (κ3) is 2.93. The molecule has 7 nitrogen and oxygen atoms in total. The first-order valence-electron chi connectivity index (χ1n) is 9.64. The topological polar surface area (TPSA) is 79.9 Å². The number of piperazine rings is 1. The first kappa shape index (κ1) is 17.5. The van der Waals surface area contributed by atoms with Gasteiger partial charge in [-0.15, -0.1) is 0 Å². The van der Waals surface area contributed by atoms with E-state index in [0.717, 1.165) is 19.0 Å². The Hall–Kier alpha value is -1.86. The minimum atomic E-state index is -0.984. The largest absolute Gasteiger partial charge is 0.478 e. The van der Waals surface area contributed by atoms with Gasteiger partial charge in [0.05, 0.1) is 5.56 Å². The molecule has 0 aliphatic carbocycles. The molecule has 1 atom stereocenters. The van der Waals surface area contributed by atoms with Crippen molar-refractivity contribution in [3.05, 3.63) is 22.5 Å². The summed E-state index contributed by atoms with van der Waals surface area (Å²) >= 11 is 0. The molecule has 1 aromatic heterocycles. The number of piperidine rings is 3. The number of amides is 1. The Bertz CT molecular complexity index is 713. The van der Waals surface area contributed by atoms with Crippen LogP contribution in [-0.4, -0.2) is 88.5 Å². The molecule has 5 rings (SSSR count). The van der Waals surface area contributed by atoms with Crippen molar-refractivity contribution < 1.29 is 14.7 Å². The molecule has 4 fully saturated rings. The number of rotatable bonds is 3. The predicted molar refractivity (Wildman–Crippen MR) is 97.7 cm³/mol. The number of H-pyrrole nitrogens is 1. The van der Waals surface area contributed by atoms with Gasteiger partial charge < -0.3 is 19.9 Å². The first-order valence-corrected chi connectivity index (χ1v) is 9.64. The first-order chi connectivity index (χ1) is 12.5. The van der Waals surface area contributed by atoms with E-state index < -0.39 is 5.97 Å². The molecule has 0 spiro atoms.